The number of nitrogens with zero attached hydrogens (tertiary/aromatic N) is 4. The summed E-state index contributed by atoms with van der Waals surface area (Å²) in [6, 6.07) is -0.323. The number of aldehydes is 1. The summed E-state index contributed by atoms with van der Waals surface area (Å²) >= 11 is 0. The predicted octanol–water partition coefficient (Wildman–Crippen LogP) is -0.963. The molecule has 1 unspecified atom stereocenters. The van der Waals surface area contributed by atoms with E-state index in [4.69, 9.17) is 0 Å². The van der Waals surface area contributed by atoms with E-state index >= 15 is 0 Å². The Hall–Kier alpha value is -1.92. The van der Waals surface area contributed by atoms with Gasteiger partial charge in [0, 0.05) is 20.6 Å². The molecule has 0 bridgehead atoms. The zero-order valence-corrected chi connectivity index (χ0v) is 10.5. The highest BCUT2D eigenvalue weighted by atomic mass is 16.2. The average molecular weight is 252 g/mol. The fraction of sp³-hybridized carbons (Fsp3) is 0.636. The SMILES string of the molecule is Cn1nc(N2CCCCC2C=O)c(=O)n(C)c1=O. The Morgan fingerprint density at radius 3 is 2.67 bits per heavy atom. The molecule has 0 N–H and O–H groups in total. The van der Waals surface area contributed by atoms with Crippen molar-refractivity contribution in [1.29, 1.82) is 0 Å². The van der Waals surface area contributed by atoms with Gasteiger partial charge in [0.05, 0.1) is 6.04 Å². The van der Waals surface area contributed by atoms with Gasteiger partial charge in [-0.05, 0) is 19.3 Å². The Kier molecular flexibility index (Phi) is 3.31. The first-order chi connectivity index (χ1) is 8.56. The van der Waals surface area contributed by atoms with Crippen molar-refractivity contribution < 1.29 is 4.79 Å². The number of anilines is 1. The first-order valence-electron chi connectivity index (χ1n) is 5.92. The third-order valence-corrected chi connectivity index (χ3v) is 3.28. The molecule has 98 valence electrons. The lowest BCUT2D eigenvalue weighted by molar-refractivity contribution is -0.109. The Labute approximate surface area is 104 Å². The van der Waals surface area contributed by atoms with Crippen LogP contribution < -0.4 is 16.1 Å². The summed E-state index contributed by atoms with van der Waals surface area (Å²) in [5.74, 6) is 0.177. The van der Waals surface area contributed by atoms with Crippen molar-refractivity contribution in [3.63, 3.8) is 0 Å². The minimum atomic E-state index is -0.469. The van der Waals surface area contributed by atoms with Crippen LogP contribution in [0.1, 0.15) is 19.3 Å². The number of rotatable bonds is 2. The normalized spacial score (nSPS) is 19.9. The molecule has 0 spiro atoms. The molecule has 18 heavy (non-hydrogen) atoms. The topological polar surface area (TPSA) is 77.2 Å². The standard InChI is InChI=1S/C11H16N4O3/c1-13-10(17)9(12-14(2)11(13)18)15-6-4-3-5-8(15)7-16/h7-8H,3-6H2,1-2H3. The van der Waals surface area contributed by atoms with E-state index in [-0.39, 0.29) is 11.9 Å². The van der Waals surface area contributed by atoms with Crippen molar-refractivity contribution in [3.8, 4) is 0 Å². The van der Waals surface area contributed by atoms with Crippen LogP contribution in [0, 0.1) is 0 Å². The highest BCUT2D eigenvalue weighted by molar-refractivity contribution is 5.64. The van der Waals surface area contributed by atoms with Crippen molar-refractivity contribution in [1.82, 2.24) is 14.3 Å². The van der Waals surface area contributed by atoms with E-state index in [1.807, 2.05) is 0 Å². The maximum Gasteiger partial charge on any atom is 0.346 e. The van der Waals surface area contributed by atoms with Gasteiger partial charge >= 0.3 is 5.69 Å². The molecule has 2 rings (SSSR count). The third kappa shape index (κ3) is 1.96. The average Bonchev–Trinajstić information content (AvgIpc) is 2.40. The third-order valence-electron chi connectivity index (χ3n) is 3.28. The summed E-state index contributed by atoms with van der Waals surface area (Å²) in [6.45, 7) is 0.615. The highest BCUT2D eigenvalue weighted by Crippen LogP contribution is 2.18. The van der Waals surface area contributed by atoms with Gasteiger partial charge in [-0.15, -0.1) is 5.10 Å². The van der Waals surface area contributed by atoms with Crippen LogP contribution in [0.5, 0.6) is 0 Å². The molecule has 1 aliphatic heterocycles. The number of aryl methyl sites for hydroxylation is 1. The van der Waals surface area contributed by atoms with E-state index < -0.39 is 11.2 Å². The van der Waals surface area contributed by atoms with E-state index in [2.05, 4.69) is 5.10 Å². The molecular weight excluding hydrogens is 236 g/mol. The predicted molar refractivity (Wildman–Crippen MR) is 65.8 cm³/mol. The fourth-order valence-corrected chi connectivity index (χ4v) is 2.22. The van der Waals surface area contributed by atoms with Gasteiger partial charge in [-0.2, -0.15) is 0 Å². The second-order valence-corrected chi connectivity index (χ2v) is 4.49. The molecule has 7 nitrogen and oxygen atoms in total. The zero-order valence-electron chi connectivity index (χ0n) is 10.5. The smallest absolute Gasteiger partial charge is 0.341 e. The minimum Gasteiger partial charge on any atom is -0.341 e. The Bertz CT molecular complexity index is 575. The fourth-order valence-electron chi connectivity index (χ4n) is 2.22. The highest BCUT2D eigenvalue weighted by Gasteiger charge is 2.26. The van der Waals surface area contributed by atoms with E-state index in [1.165, 1.54) is 14.1 Å². The van der Waals surface area contributed by atoms with Crippen molar-refractivity contribution in [2.24, 2.45) is 14.1 Å². The molecule has 0 aromatic carbocycles. The number of carbonyl (C=O) groups excluding carboxylic acids is 1. The Balaban J connectivity index is 2.53. The number of hydrogen-bond acceptors (Lipinski definition) is 5. The minimum absolute atomic E-state index is 0.177. The van der Waals surface area contributed by atoms with Crippen LogP contribution in [-0.4, -0.2) is 33.2 Å². The summed E-state index contributed by atoms with van der Waals surface area (Å²) in [6.07, 6.45) is 3.44. The van der Waals surface area contributed by atoms with Gasteiger partial charge in [-0.1, -0.05) is 0 Å². The monoisotopic (exact) mass is 252 g/mol. The van der Waals surface area contributed by atoms with Gasteiger partial charge in [-0.25, -0.2) is 9.48 Å². The largest absolute Gasteiger partial charge is 0.346 e. The Morgan fingerprint density at radius 2 is 2.00 bits per heavy atom. The van der Waals surface area contributed by atoms with Gasteiger partial charge in [0.25, 0.3) is 5.56 Å². The lowest BCUT2D eigenvalue weighted by atomic mass is 10.0. The summed E-state index contributed by atoms with van der Waals surface area (Å²) in [4.78, 5) is 36.3. The van der Waals surface area contributed by atoms with Crippen LogP contribution in [0.25, 0.3) is 0 Å². The number of aromatic nitrogens is 3. The second-order valence-electron chi connectivity index (χ2n) is 4.49. The van der Waals surface area contributed by atoms with Crippen LogP contribution in [0.3, 0.4) is 0 Å². The lowest BCUT2D eigenvalue weighted by Gasteiger charge is -2.32. The maximum absolute atomic E-state index is 12.0. The molecular formula is C11H16N4O3. The molecule has 0 radical (unpaired) electrons. The van der Waals surface area contributed by atoms with Crippen LogP contribution in [0.4, 0.5) is 5.82 Å². The zero-order chi connectivity index (χ0) is 13.3. The molecule has 1 atom stereocenters. The molecule has 0 amide bonds. The molecule has 1 saturated heterocycles. The molecule has 0 saturated carbocycles. The first kappa shape index (κ1) is 12.5. The Morgan fingerprint density at radius 1 is 1.28 bits per heavy atom. The molecule has 1 aromatic rings. The number of piperidine rings is 1. The summed E-state index contributed by atoms with van der Waals surface area (Å²) in [7, 11) is 2.90. The van der Waals surface area contributed by atoms with E-state index in [0.717, 1.165) is 34.8 Å². The second kappa shape index (κ2) is 4.75. The molecule has 1 fully saturated rings. The molecule has 1 aliphatic rings. The van der Waals surface area contributed by atoms with Crippen LogP contribution in [0.15, 0.2) is 9.59 Å². The van der Waals surface area contributed by atoms with Gasteiger partial charge in [0.1, 0.15) is 6.29 Å². The van der Waals surface area contributed by atoms with E-state index in [1.54, 1.807) is 4.90 Å². The van der Waals surface area contributed by atoms with E-state index in [0.29, 0.717) is 6.54 Å². The number of carbonyl (C=O) groups is 1. The van der Waals surface area contributed by atoms with E-state index in [9.17, 15) is 14.4 Å². The van der Waals surface area contributed by atoms with Crippen molar-refractivity contribution in [2.75, 3.05) is 11.4 Å². The van der Waals surface area contributed by atoms with Crippen molar-refractivity contribution >= 4 is 12.1 Å². The van der Waals surface area contributed by atoms with Gasteiger partial charge in [0.15, 0.2) is 0 Å². The van der Waals surface area contributed by atoms with Crippen LogP contribution in [-0.2, 0) is 18.9 Å². The summed E-state index contributed by atoms with van der Waals surface area (Å²) in [5, 5.41) is 3.99. The molecule has 1 aromatic heterocycles. The molecule has 0 aliphatic carbocycles. The quantitative estimate of drug-likeness (QED) is 0.633. The van der Waals surface area contributed by atoms with Crippen LogP contribution >= 0.6 is 0 Å². The molecule has 2 heterocycles. The van der Waals surface area contributed by atoms with Gasteiger partial charge < -0.3 is 9.69 Å². The lowest BCUT2D eigenvalue weighted by Crippen LogP contribution is -2.48. The van der Waals surface area contributed by atoms with Crippen molar-refractivity contribution in [3.05, 3.63) is 20.8 Å². The summed E-state index contributed by atoms with van der Waals surface area (Å²) in [5.41, 5.74) is -0.921. The summed E-state index contributed by atoms with van der Waals surface area (Å²) < 4.78 is 2.13. The van der Waals surface area contributed by atoms with Crippen LogP contribution in [0.2, 0.25) is 0 Å². The van der Waals surface area contributed by atoms with Gasteiger partial charge in [-0.3, -0.25) is 9.36 Å². The van der Waals surface area contributed by atoms with Crippen molar-refractivity contribution in [2.45, 2.75) is 25.3 Å². The van der Waals surface area contributed by atoms with Gasteiger partial charge in [0.2, 0.25) is 5.82 Å². The molecule has 7 heteroatoms. The number of hydrogen-bond donors (Lipinski definition) is 0. The first-order valence-corrected chi connectivity index (χ1v) is 5.92. The maximum atomic E-state index is 12.0.